The van der Waals surface area contributed by atoms with E-state index in [0.717, 1.165) is 31.3 Å². The quantitative estimate of drug-likeness (QED) is 0.844. The monoisotopic (exact) mass is 250 g/mol. The van der Waals surface area contributed by atoms with Gasteiger partial charge in [-0.15, -0.1) is 0 Å². The molecule has 1 heterocycles. The van der Waals surface area contributed by atoms with Crippen LogP contribution in [-0.2, 0) is 13.1 Å². The SMILES string of the molecule is CCCn1ncnc1CNC1CCCC(CC)C1. The first-order valence-corrected chi connectivity index (χ1v) is 7.43. The Labute approximate surface area is 110 Å². The van der Waals surface area contributed by atoms with Crippen molar-refractivity contribution in [3.05, 3.63) is 12.2 Å². The van der Waals surface area contributed by atoms with Gasteiger partial charge < -0.3 is 5.32 Å². The van der Waals surface area contributed by atoms with Gasteiger partial charge in [0.05, 0.1) is 6.54 Å². The molecular formula is C14H26N4. The van der Waals surface area contributed by atoms with Gasteiger partial charge in [-0.05, 0) is 25.2 Å². The first kappa shape index (κ1) is 13.5. The zero-order chi connectivity index (χ0) is 12.8. The third-order valence-corrected chi connectivity index (χ3v) is 4.04. The fourth-order valence-electron chi connectivity index (χ4n) is 2.91. The molecule has 4 nitrogen and oxygen atoms in total. The molecule has 1 aliphatic carbocycles. The molecule has 0 aliphatic heterocycles. The summed E-state index contributed by atoms with van der Waals surface area (Å²) in [6.45, 7) is 6.32. The highest BCUT2D eigenvalue weighted by atomic mass is 15.3. The lowest BCUT2D eigenvalue weighted by atomic mass is 9.84. The molecule has 2 atom stereocenters. The normalized spacial score (nSPS) is 24.3. The lowest BCUT2D eigenvalue weighted by Crippen LogP contribution is -2.34. The van der Waals surface area contributed by atoms with Gasteiger partial charge in [-0.25, -0.2) is 9.67 Å². The Hall–Kier alpha value is -0.900. The fraction of sp³-hybridized carbons (Fsp3) is 0.857. The van der Waals surface area contributed by atoms with Gasteiger partial charge in [0, 0.05) is 12.6 Å². The Morgan fingerprint density at radius 2 is 2.28 bits per heavy atom. The van der Waals surface area contributed by atoms with E-state index in [1.54, 1.807) is 6.33 Å². The first-order valence-electron chi connectivity index (χ1n) is 7.43. The molecule has 0 spiro atoms. The molecule has 18 heavy (non-hydrogen) atoms. The Bertz CT molecular complexity index is 347. The number of nitrogens with one attached hydrogen (secondary N) is 1. The maximum absolute atomic E-state index is 4.35. The highest BCUT2D eigenvalue weighted by Gasteiger charge is 2.20. The van der Waals surface area contributed by atoms with Gasteiger partial charge in [0.15, 0.2) is 0 Å². The summed E-state index contributed by atoms with van der Waals surface area (Å²) in [6.07, 6.45) is 9.54. The fourth-order valence-corrected chi connectivity index (χ4v) is 2.91. The van der Waals surface area contributed by atoms with Crippen molar-refractivity contribution in [3.63, 3.8) is 0 Å². The number of rotatable bonds is 6. The van der Waals surface area contributed by atoms with Crippen LogP contribution in [-0.4, -0.2) is 20.8 Å². The Morgan fingerprint density at radius 1 is 1.39 bits per heavy atom. The standard InChI is InChI=1S/C14H26N4/c1-3-8-18-14(16-11-17-18)10-15-13-7-5-6-12(4-2)9-13/h11-13,15H,3-10H2,1-2H3. The van der Waals surface area contributed by atoms with Crippen LogP contribution in [0, 0.1) is 5.92 Å². The van der Waals surface area contributed by atoms with Crippen LogP contribution in [0.3, 0.4) is 0 Å². The van der Waals surface area contributed by atoms with Crippen molar-refractivity contribution >= 4 is 0 Å². The lowest BCUT2D eigenvalue weighted by molar-refractivity contribution is 0.276. The molecule has 1 fully saturated rings. The minimum Gasteiger partial charge on any atom is -0.307 e. The topological polar surface area (TPSA) is 42.7 Å². The van der Waals surface area contributed by atoms with Gasteiger partial charge in [-0.3, -0.25) is 0 Å². The number of hydrogen-bond donors (Lipinski definition) is 1. The van der Waals surface area contributed by atoms with Crippen LogP contribution >= 0.6 is 0 Å². The third-order valence-electron chi connectivity index (χ3n) is 4.04. The highest BCUT2D eigenvalue weighted by molar-refractivity contribution is 4.86. The van der Waals surface area contributed by atoms with Gasteiger partial charge in [-0.2, -0.15) is 5.10 Å². The molecule has 2 unspecified atom stereocenters. The maximum atomic E-state index is 4.35. The van der Waals surface area contributed by atoms with Gasteiger partial charge in [-0.1, -0.05) is 33.1 Å². The number of aromatic nitrogens is 3. The molecule has 0 radical (unpaired) electrons. The van der Waals surface area contributed by atoms with Crippen LogP contribution in [0.15, 0.2) is 6.33 Å². The van der Waals surface area contributed by atoms with E-state index in [2.05, 4.69) is 29.2 Å². The molecule has 1 saturated carbocycles. The van der Waals surface area contributed by atoms with Crippen LogP contribution in [0.2, 0.25) is 0 Å². The van der Waals surface area contributed by atoms with Crippen LogP contribution in [0.5, 0.6) is 0 Å². The van der Waals surface area contributed by atoms with Crippen molar-refractivity contribution in [3.8, 4) is 0 Å². The van der Waals surface area contributed by atoms with Crippen molar-refractivity contribution in [2.24, 2.45) is 5.92 Å². The predicted octanol–water partition coefficient (Wildman–Crippen LogP) is 2.75. The van der Waals surface area contributed by atoms with E-state index in [1.165, 1.54) is 32.1 Å². The van der Waals surface area contributed by atoms with E-state index in [4.69, 9.17) is 0 Å². The van der Waals surface area contributed by atoms with Crippen molar-refractivity contribution in [2.45, 2.75) is 71.5 Å². The van der Waals surface area contributed by atoms with Crippen molar-refractivity contribution in [1.82, 2.24) is 20.1 Å². The zero-order valence-corrected chi connectivity index (χ0v) is 11.7. The molecule has 1 aromatic rings. The molecule has 0 saturated heterocycles. The second-order valence-electron chi connectivity index (χ2n) is 5.42. The largest absolute Gasteiger partial charge is 0.307 e. The van der Waals surface area contributed by atoms with Crippen LogP contribution in [0.4, 0.5) is 0 Å². The predicted molar refractivity (Wildman–Crippen MR) is 73.2 cm³/mol. The van der Waals surface area contributed by atoms with Gasteiger partial charge in [0.1, 0.15) is 12.2 Å². The second kappa shape index (κ2) is 6.88. The Kier molecular flexibility index (Phi) is 5.17. The summed E-state index contributed by atoms with van der Waals surface area (Å²) >= 11 is 0. The molecular weight excluding hydrogens is 224 g/mol. The summed E-state index contributed by atoms with van der Waals surface area (Å²) in [6, 6.07) is 0.676. The Morgan fingerprint density at radius 3 is 3.06 bits per heavy atom. The van der Waals surface area contributed by atoms with Gasteiger partial charge in [0.25, 0.3) is 0 Å². The molecule has 0 amide bonds. The van der Waals surface area contributed by atoms with E-state index in [0.29, 0.717) is 6.04 Å². The molecule has 2 rings (SSSR count). The zero-order valence-electron chi connectivity index (χ0n) is 11.7. The van der Waals surface area contributed by atoms with Gasteiger partial charge >= 0.3 is 0 Å². The number of hydrogen-bond acceptors (Lipinski definition) is 3. The molecule has 0 aromatic carbocycles. The van der Waals surface area contributed by atoms with E-state index in [9.17, 15) is 0 Å². The average molecular weight is 250 g/mol. The Balaban J connectivity index is 1.81. The van der Waals surface area contributed by atoms with E-state index in [1.807, 2.05) is 4.68 Å². The summed E-state index contributed by atoms with van der Waals surface area (Å²) in [4.78, 5) is 4.35. The van der Waals surface area contributed by atoms with Gasteiger partial charge in [0.2, 0.25) is 0 Å². The minimum atomic E-state index is 0.676. The highest BCUT2D eigenvalue weighted by Crippen LogP contribution is 2.26. The molecule has 0 bridgehead atoms. The summed E-state index contributed by atoms with van der Waals surface area (Å²) in [5.74, 6) is 2.00. The molecule has 1 aliphatic rings. The average Bonchev–Trinajstić information content (AvgIpc) is 2.85. The third kappa shape index (κ3) is 3.55. The van der Waals surface area contributed by atoms with Crippen LogP contribution < -0.4 is 5.32 Å². The van der Waals surface area contributed by atoms with E-state index in [-0.39, 0.29) is 0 Å². The summed E-state index contributed by atoms with van der Waals surface area (Å²) in [7, 11) is 0. The smallest absolute Gasteiger partial charge is 0.140 e. The first-order chi connectivity index (χ1) is 8.83. The molecule has 4 heteroatoms. The second-order valence-corrected chi connectivity index (χ2v) is 5.42. The van der Waals surface area contributed by atoms with E-state index >= 15 is 0 Å². The van der Waals surface area contributed by atoms with Crippen molar-refractivity contribution in [2.75, 3.05) is 0 Å². The minimum absolute atomic E-state index is 0.676. The summed E-state index contributed by atoms with van der Waals surface area (Å²) < 4.78 is 2.02. The van der Waals surface area contributed by atoms with Crippen molar-refractivity contribution in [1.29, 1.82) is 0 Å². The molecule has 102 valence electrons. The van der Waals surface area contributed by atoms with Crippen molar-refractivity contribution < 1.29 is 0 Å². The van der Waals surface area contributed by atoms with Crippen LogP contribution in [0.1, 0.15) is 58.2 Å². The van der Waals surface area contributed by atoms with Crippen LogP contribution in [0.25, 0.3) is 0 Å². The summed E-state index contributed by atoms with van der Waals surface area (Å²) in [5.41, 5.74) is 0. The molecule has 1 N–H and O–H groups in total. The summed E-state index contributed by atoms with van der Waals surface area (Å²) in [5, 5.41) is 7.93. The lowest BCUT2D eigenvalue weighted by Gasteiger charge is -2.29. The molecule has 1 aromatic heterocycles. The van der Waals surface area contributed by atoms with E-state index < -0.39 is 0 Å². The number of nitrogens with zero attached hydrogens (tertiary/aromatic N) is 3. The maximum Gasteiger partial charge on any atom is 0.140 e. The number of aryl methyl sites for hydroxylation is 1.